The Morgan fingerprint density at radius 2 is 2.12 bits per heavy atom. The second-order valence-electron chi connectivity index (χ2n) is 5.43. The summed E-state index contributed by atoms with van der Waals surface area (Å²) in [5.74, 6) is 1.85. The van der Waals surface area contributed by atoms with E-state index in [4.69, 9.17) is 4.98 Å². The maximum atomic E-state index is 4.78. The maximum Gasteiger partial charge on any atom is 0.203 e. The van der Waals surface area contributed by atoms with Gasteiger partial charge in [0, 0.05) is 18.3 Å². The fourth-order valence-electron chi connectivity index (χ4n) is 3.14. The molecule has 1 aliphatic heterocycles. The fourth-order valence-corrected chi connectivity index (χ4v) is 3.14. The summed E-state index contributed by atoms with van der Waals surface area (Å²) in [6.45, 7) is 5.74. The smallest absolute Gasteiger partial charge is 0.203 e. The van der Waals surface area contributed by atoms with Gasteiger partial charge in [-0.05, 0) is 38.0 Å². The number of nitrogens with zero attached hydrogens (tertiary/aromatic N) is 2. The average Bonchev–Trinajstić information content (AvgIpc) is 2.66. The van der Waals surface area contributed by atoms with Crippen LogP contribution in [0.25, 0.3) is 0 Å². The molecule has 0 bridgehead atoms. The van der Waals surface area contributed by atoms with Crippen LogP contribution >= 0.6 is 0 Å². The minimum Gasteiger partial charge on any atom is -0.356 e. The number of hydrogen-bond donors (Lipinski definition) is 1. The van der Waals surface area contributed by atoms with E-state index in [1.807, 2.05) is 0 Å². The molecule has 16 heavy (non-hydrogen) atoms. The zero-order valence-electron chi connectivity index (χ0n) is 10.3. The highest BCUT2D eigenvalue weighted by molar-refractivity contribution is 5.38. The predicted octanol–water partition coefficient (Wildman–Crippen LogP) is 2.77. The van der Waals surface area contributed by atoms with Crippen molar-refractivity contribution in [3.05, 3.63) is 11.4 Å². The summed E-state index contributed by atoms with van der Waals surface area (Å²) in [5.41, 5.74) is 2.88. The van der Waals surface area contributed by atoms with Gasteiger partial charge in [-0.2, -0.15) is 0 Å². The number of anilines is 1. The number of rotatable bonds is 1. The van der Waals surface area contributed by atoms with Gasteiger partial charge in [0.1, 0.15) is 0 Å². The fraction of sp³-hybridized carbons (Fsp3) is 0.769. The van der Waals surface area contributed by atoms with Crippen LogP contribution in [0.4, 0.5) is 5.95 Å². The Bertz CT molecular complexity index is 392. The Hall–Kier alpha value is -0.990. The molecule has 3 rings (SSSR count). The Balaban J connectivity index is 2.07. The summed E-state index contributed by atoms with van der Waals surface area (Å²) < 4.78 is 2.50. The SMILES string of the molecule is CC(C)C1CCNc2nc3c(n21)CCCC3. The van der Waals surface area contributed by atoms with Crippen molar-refractivity contribution in [3.63, 3.8) is 0 Å². The molecular formula is C13H21N3. The first-order valence-electron chi connectivity index (χ1n) is 6.61. The highest BCUT2D eigenvalue weighted by Gasteiger charge is 2.28. The minimum absolute atomic E-state index is 0.658. The summed E-state index contributed by atoms with van der Waals surface area (Å²) in [6.07, 6.45) is 6.31. The van der Waals surface area contributed by atoms with Crippen molar-refractivity contribution in [2.75, 3.05) is 11.9 Å². The second kappa shape index (κ2) is 3.79. The molecular weight excluding hydrogens is 198 g/mol. The zero-order chi connectivity index (χ0) is 11.1. The molecule has 0 amide bonds. The van der Waals surface area contributed by atoms with Gasteiger partial charge in [0.05, 0.1) is 5.69 Å². The standard InChI is InChI=1S/C13H21N3/c1-9(2)11-7-8-14-13-15-10-5-3-4-6-12(10)16(11)13/h9,11H,3-8H2,1-2H3,(H,14,15). The number of nitrogens with one attached hydrogen (secondary N) is 1. The Morgan fingerprint density at radius 1 is 1.31 bits per heavy atom. The van der Waals surface area contributed by atoms with Gasteiger partial charge in [-0.1, -0.05) is 13.8 Å². The molecule has 0 radical (unpaired) electrons. The first-order chi connectivity index (χ1) is 7.77. The molecule has 1 aromatic heterocycles. The summed E-state index contributed by atoms with van der Waals surface area (Å²) in [7, 11) is 0. The molecule has 88 valence electrons. The lowest BCUT2D eigenvalue weighted by Gasteiger charge is -2.31. The first-order valence-corrected chi connectivity index (χ1v) is 6.61. The van der Waals surface area contributed by atoms with Crippen molar-refractivity contribution >= 4 is 5.95 Å². The van der Waals surface area contributed by atoms with Crippen LogP contribution in [0.3, 0.4) is 0 Å². The highest BCUT2D eigenvalue weighted by atomic mass is 15.3. The topological polar surface area (TPSA) is 29.9 Å². The molecule has 1 unspecified atom stereocenters. The van der Waals surface area contributed by atoms with Gasteiger partial charge in [-0.15, -0.1) is 0 Å². The van der Waals surface area contributed by atoms with Gasteiger partial charge in [-0.25, -0.2) is 4.98 Å². The molecule has 1 N–H and O–H groups in total. The molecule has 0 saturated carbocycles. The molecule has 0 saturated heterocycles. The summed E-state index contributed by atoms with van der Waals surface area (Å²) in [4.78, 5) is 4.78. The van der Waals surface area contributed by atoms with Crippen molar-refractivity contribution < 1.29 is 0 Å². The number of aryl methyl sites for hydroxylation is 1. The number of hydrogen-bond acceptors (Lipinski definition) is 2. The molecule has 3 heteroatoms. The molecule has 1 aromatic rings. The van der Waals surface area contributed by atoms with E-state index < -0.39 is 0 Å². The molecule has 1 atom stereocenters. The lowest BCUT2D eigenvalue weighted by molar-refractivity contribution is 0.340. The lowest BCUT2D eigenvalue weighted by Crippen LogP contribution is -2.28. The normalized spacial score (nSPS) is 23.8. The van der Waals surface area contributed by atoms with Crippen LogP contribution in [-0.2, 0) is 12.8 Å². The largest absolute Gasteiger partial charge is 0.356 e. The van der Waals surface area contributed by atoms with Crippen LogP contribution in [0.1, 0.15) is 50.5 Å². The Kier molecular flexibility index (Phi) is 2.41. The third-order valence-electron chi connectivity index (χ3n) is 3.99. The third-order valence-corrected chi connectivity index (χ3v) is 3.99. The van der Waals surface area contributed by atoms with Gasteiger partial charge in [0.15, 0.2) is 0 Å². The van der Waals surface area contributed by atoms with Gasteiger partial charge in [0.25, 0.3) is 0 Å². The monoisotopic (exact) mass is 219 g/mol. The summed E-state index contributed by atoms with van der Waals surface area (Å²) >= 11 is 0. The maximum absolute atomic E-state index is 4.78. The van der Waals surface area contributed by atoms with Crippen LogP contribution in [0.5, 0.6) is 0 Å². The van der Waals surface area contributed by atoms with Crippen molar-refractivity contribution in [3.8, 4) is 0 Å². The van der Waals surface area contributed by atoms with Crippen LogP contribution < -0.4 is 5.32 Å². The number of fused-ring (bicyclic) bond motifs is 3. The van der Waals surface area contributed by atoms with Gasteiger partial charge < -0.3 is 9.88 Å². The van der Waals surface area contributed by atoms with E-state index in [1.54, 1.807) is 0 Å². The molecule has 0 spiro atoms. The lowest BCUT2D eigenvalue weighted by atomic mass is 9.96. The van der Waals surface area contributed by atoms with Gasteiger partial charge in [0.2, 0.25) is 5.95 Å². The Labute approximate surface area is 97.3 Å². The number of imidazole rings is 1. The molecule has 1 aliphatic carbocycles. The summed E-state index contributed by atoms with van der Waals surface area (Å²) in [6, 6.07) is 0.658. The van der Waals surface area contributed by atoms with Crippen molar-refractivity contribution in [1.82, 2.24) is 9.55 Å². The molecule has 2 aliphatic rings. The zero-order valence-corrected chi connectivity index (χ0v) is 10.3. The molecule has 3 nitrogen and oxygen atoms in total. The Morgan fingerprint density at radius 3 is 2.94 bits per heavy atom. The van der Waals surface area contributed by atoms with E-state index in [2.05, 4.69) is 23.7 Å². The highest BCUT2D eigenvalue weighted by Crippen LogP contribution is 2.35. The quantitative estimate of drug-likeness (QED) is 0.787. The van der Waals surface area contributed by atoms with E-state index in [0.717, 1.165) is 12.5 Å². The van der Waals surface area contributed by atoms with E-state index in [9.17, 15) is 0 Å². The van der Waals surface area contributed by atoms with Crippen molar-refractivity contribution in [2.45, 2.75) is 52.0 Å². The van der Waals surface area contributed by atoms with Crippen molar-refractivity contribution in [2.24, 2.45) is 5.92 Å². The third kappa shape index (κ3) is 1.45. The summed E-state index contributed by atoms with van der Waals surface area (Å²) in [5, 5.41) is 3.46. The minimum atomic E-state index is 0.658. The van der Waals surface area contributed by atoms with Crippen LogP contribution in [0.2, 0.25) is 0 Å². The van der Waals surface area contributed by atoms with E-state index in [-0.39, 0.29) is 0 Å². The first kappa shape index (κ1) is 10.2. The van der Waals surface area contributed by atoms with E-state index in [0.29, 0.717) is 12.0 Å². The molecule has 0 aromatic carbocycles. The van der Waals surface area contributed by atoms with E-state index >= 15 is 0 Å². The average molecular weight is 219 g/mol. The van der Waals surface area contributed by atoms with Crippen LogP contribution in [0, 0.1) is 5.92 Å². The van der Waals surface area contributed by atoms with E-state index in [1.165, 1.54) is 43.5 Å². The van der Waals surface area contributed by atoms with Gasteiger partial charge >= 0.3 is 0 Å². The van der Waals surface area contributed by atoms with Gasteiger partial charge in [-0.3, -0.25) is 0 Å². The van der Waals surface area contributed by atoms with Crippen molar-refractivity contribution in [1.29, 1.82) is 0 Å². The van der Waals surface area contributed by atoms with Crippen LogP contribution in [-0.4, -0.2) is 16.1 Å². The van der Waals surface area contributed by atoms with Crippen LogP contribution in [0.15, 0.2) is 0 Å². The molecule has 2 heterocycles. The molecule has 0 fully saturated rings. The predicted molar refractivity (Wildman–Crippen MR) is 65.9 cm³/mol. The second-order valence-corrected chi connectivity index (χ2v) is 5.43. The number of aromatic nitrogens is 2.